The molecule has 7 aromatic carbocycles. The molecule has 0 radical (unpaired) electrons. The number of ether oxygens (including phenoxy) is 1. The van der Waals surface area contributed by atoms with Crippen molar-refractivity contribution < 1.29 is 4.74 Å². The molecular formula is C48H29N3O. The summed E-state index contributed by atoms with van der Waals surface area (Å²) in [5.74, 6) is 2.34. The van der Waals surface area contributed by atoms with Gasteiger partial charge in [-0.1, -0.05) is 152 Å². The molecule has 0 saturated carbocycles. The third-order valence-corrected chi connectivity index (χ3v) is 10.4. The van der Waals surface area contributed by atoms with Gasteiger partial charge in [0.1, 0.15) is 11.5 Å². The maximum Gasteiger partial charge on any atom is 0.160 e. The first-order valence-corrected chi connectivity index (χ1v) is 17.4. The van der Waals surface area contributed by atoms with E-state index in [2.05, 4.69) is 97.1 Å². The van der Waals surface area contributed by atoms with E-state index in [-0.39, 0.29) is 0 Å². The van der Waals surface area contributed by atoms with Crippen molar-refractivity contribution in [2.45, 2.75) is 5.41 Å². The van der Waals surface area contributed by atoms with Crippen LogP contribution in [0.2, 0.25) is 0 Å². The van der Waals surface area contributed by atoms with Gasteiger partial charge in [0.25, 0.3) is 0 Å². The summed E-state index contributed by atoms with van der Waals surface area (Å²) in [5, 5.41) is 10.6. The van der Waals surface area contributed by atoms with Crippen LogP contribution in [0.1, 0.15) is 27.8 Å². The van der Waals surface area contributed by atoms with Gasteiger partial charge in [-0.25, -0.2) is 9.97 Å². The molecule has 0 atom stereocenters. The second-order valence-electron chi connectivity index (χ2n) is 13.2. The van der Waals surface area contributed by atoms with Gasteiger partial charge in [-0.2, -0.15) is 5.26 Å². The van der Waals surface area contributed by atoms with Crippen LogP contribution in [0, 0.1) is 11.3 Å². The zero-order valence-corrected chi connectivity index (χ0v) is 28.0. The summed E-state index contributed by atoms with van der Waals surface area (Å²) in [6, 6.07) is 62.9. The average molecular weight is 664 g/mol. The molecule has 1 aliphatic carbocycles. The van der Waals surface area contributed by atoms with E-state index in [0.29, 0.717) is 11.4 Å². The standard InChI is InChI=1S/C48H29N3O/c49-30-35-17-11-21-39-45(35)46-36(18-12-22-40(46)48(39)37-19-7-9-23-43(37)52-44-24-10-8-20-38(44)48)31-25-27-33(28-26-31)42-29-41(32-13-3-1-4-14-32)50-47(51-42)34-15-5-2-6-16-34/h1-29H. The number of aromatic nitrogens is 2. The highest BCUT2D eigenvalue weighted by Gasteiger charge is 2.52. The predicted molar refractivity (Wildman–Crippen MR) is 206 cm³/mol. The van der Waals surface area contributed by atoms with E-state index >= 15 is 0 Å². The second kappa shape index (κ2) is 11.8. The van der Waals surface area contributed by atoms with Gasteiger partial charge in [0.05, 0.1) is 28.4 Å². The molecular weight excluding hydrogens is 635 g/mol. The number of para-hydroxylation sites is 2. The molecule has 0 saturated heterocycles. The minimum absolute atomic E-state index is 0.651. The average Bonchev–Trinajstić information content (AvgIpc) is 3.52. The number of benzene rings is 7. The maximum absolute atomic E-state index is 10.6. The van der Waals surface area contributed by atoms with Crippen molar-refractivity contribution in [1.29, 1.82) is 5.26 Å². The zero-order valence-electron chi connectivity index (χ0n) is 28.0. The molecule has 8 aromatic rings. The van der Waals surface area contributed by atoms with Crippen molar-refractivity contribution in [3.05, 3.63) is 204 Å². The van der Waals surface area contributed by atoms with Gasteiger partial charge in [0.2, 0.25) is 0 Å². The lowest BCUT2D eigenvalue weighted by atomic mass is 9.66. The van der Waals surface area contributed by atoms with Crippen molar-refractivity contribution in [3.63, 3.8) is 0 Å². The molecule has 4 nitrogen and oxygen atoms in total. The molecule has 0 unspecified atom stereocenters. The van der Waals surface area contributed by atoms with E-state index in [4.69, 9.17) is 14.7 Å². The fourth-order valence-corrected chi connectivity index (χ4v) is 8.21. The first kappa shape index (κ1) is 29.8. The number of hydrogen-bond donors (Lipinski definition) is 0. The summed E-state index contributed by atoms with van der Waals surface area (Å²) < 4.78 is 6.52. The van der Waals surface area contributed by atoms with Gasteiger partial charge in [0, 0.05) is 33.4 Å². The molecule has 0 fully saturated rings. The van der Waals surface area contributed by atoms with E-state index < -0.39 is 5.41 Å². The fraction of sp³-hybridized carbons (Fsp3) is 0.0208. The summed E-state index contributed by atoms with van der Waals surface area (Å²) in [6.07, 6.45) is 0. The number of fused-ring (bicyclic) bond motifs is 9. The Balaban J connectivity index is 1.17. The van der Waals surface area contributed by atoms with Crippen molar-refractivity contribution >= 4 is 0 Å². The summed E-state index contributed by atoms with van der Waals surface area (Å²) in [4.78, 5) is 10.0. The predicted octanol–water partition coefficient (Wildman–Crippen LogP) is 11.5. The minimum atomic E-state index is -0.651. The van der Waals surface area contributed by atoms with Gasteiger partial charge >= 0.3 is 0 Å². The van der Waals surface area contributed by atoms with Crippen molar-refractivity contribution in [1.82, 2.24) is 9.97 Å². The molecule has 2 aliphatic rings. The number of nitriles is 1. The molecule has 1 aliphatic heterocycles. The van der Waals surface area contributed by atoms with Crippen LogP contribution in [-0.2, 0) is 5.41 Å². The summed E-state index contributed by atoms with van der Waals surface area (Å²) in [7, 11) is 0. The van der Waals surface area contributed by atoms with Crippen LogP contribution in [-0.4, -0.2) is 9.97 Å². The van der Waals surface area contributed by atoms with Crippen LogP contribution in [0.3, 0.4) is 0 Å². The van der Waals surface area contributed by atoms with Crippen LogP contribution < -0.4 is 4.74 Å². The Labute approximate surface area is 301 Å². The Hall–Kier alpha value is -7.09. The molecule has 1 aromatic heterocycles. The Morgan fingerprint density at radius 2 is 0.942 bits per heavy atom. The topological polar surface area (TPSA) is 58.8 Å². The van der Waals surface area contributed by atoms with Crippen LogP contribution in [0.25, 0.3) is 56.2 Å². The molecule has 2 heterocycles. The molecule has 0 amide bonds. The first-order chi connectivity index (χ1) is 25.7. The largest absolute Gasteiger partial charge is 0.457 e. The van der Waals surface area contributed by atoms with Gasteiger partial charge in [-0.3, -0.25) is 0 Å². The minimum Gasteiger partial charge on any atom is -0.457 e. The normalized spacial score (nSPS) is 12.9. The van der Waals surface area contributed by atoms with E-state index in [1.165, 1.54) is 0 Å². The monoisotopic (exact) mass is 663 g/mol. The number of rotatable bonds is 4. The zero-order chi connectivity index (χ0) is 34.6. The van der Waals surface area contributed by atoms with Crippen molar-refractivity contribution in [2.75, 3.05) is 0 Å². The van der Waals surface area contributed by atoms with E-state index in [1.54, 1.807) is 0 Å². The second-order valence-corrected chi connectivity index (χ2v) is 13.2. The Bertz CT molecular complexity index is 2610. The highest BCUT2D eigenvalue weighted by molar-refractivity contribution is 5.98. The van der Waals surface area contributed by atoms with Crippen LogP contribution in [0.5, 0.6) is 11.5 Å². The van der Waals surface area contributed by atoms with Crippen LogP contribution >= 0.6 is 0 Å². The van der Waals surface area contributed by atoms with Crippen molar-refractivity contribution in [2.24, 2.45) is 0 Å². The first-order valence-electron chi connectivity index (χ1n) is 17.4. The van der Waals surface area contributed by atoms with E-state index in [9.17, 15) is 5.26 Å². The molecule has 1 spiro atoms. The quantitative estimate of drug-likeness (QED) is 0.188. The molecule has 52 heavy (non-hydrogen) atoms. The summed E-state index contributed by atoms with van der Waals surface area (Å²) in [6.45, 7) is 0. The third kappa shape index (κ3) is 4.40. The van der Waals surface area contributed by atoms with E-state index in [0.717, 1.165) is 84.1 Å². The highest BCUT2D eigenvalue weighted by atomic mass is 16.5. The maximum atomic E-state index is 10.6. The Morgan fingerprint density at radius 3 is 1.58 bits per heavy atom. The number of nitrogens with zero attached hydrogens (tertiary/aromatic N) is 3. The summed E-state index contributed by atoms with van der Waals surface area (Å²) >= 11 is 0. The molecule has 242 valence electrons. The lowest BCUT2D eigenvalue weighted by Gasteiger charge is -2.39. The molecule has 10 rings (SSSR count). The SMILES string of the molecule is N#Cc1cccc2c1-c1c(-c3ccc(-c4cc(-c5ccccc5)nc(-c5ccccc5)n4)cc3)cccc1C21c2ccccc2Oc2ccccc21. The van der Waals surface area contributed by atoms with Crippen LogP contribution in [0.4, 0.5) is 0 Å². The van der Waals surface area contributed by atoms with Gasteiger partial charge in [-0.15, -0.1) is 0 Å². The van der Waals surface area contributed by atoms with Gasteiger partial charge < -0.3 is 4.74 Å². The molecule has 0 bridgehead atoms. The van der Waals surface area contributed by atoms with E-state index in [1.807, 2.05) is 84.9 Å². The Kier molecular flexibility index (Phi) is 6.74. The molecule has 0 N–H and O–H groups in total. The number of hydrogen-bond acceptors (Lipinski definition) is 4. The highest BCUT2D eigenvalue weighted by Crippen LogP contribution is 2.63. The molecule has 4 heteroatoms. The van der Waals surface area contributed by atoms with Gasteiger partial charge in [-0.05, 0) is 52.1 Å². The Morgan fingerprint density at radius 1 is 0.442 bits per heavy atom. The summed E-state index contributed by atoms with van der Waals surface area (Å²) in [5.41, 5.74) is 13.3. The lowest BCUT2D eigenvalue weighted by molar-refractivity contribution is 0.436. The smallest absolute Gasteiger partial charge is 0.160 e. The third-order valence-electron chi connectivity index (χ3n) is 10.4. The van der Waals surface area contributed by atoms with Crippen LogP contribution in [0.15, 0.2) is 176 Å². The fourth-order valence-electron chi connectivity index (χ4n) is 8.21. The van der Waals surface area contributed by atoms with Gasteiger partial charge in [0.15, 0.2) is 5.82 Å². The lowest BCUT2D eigenvalue weighted by Crippen LogP contribution is -2.32. The van der Waals surface area contributed by atoms with Crippen molar-refractivity contribution in [3.8, 4) is 73.7 Å².